The van der Waals surface area contributed by atoms with Crippen LogP contribution in [0.15, 0.2) is 18.2 Å². The van der Waals surface area contributed by atoms with Crippen LogP contribution in [-0.4, -0.2) is 5.11 Å². The summed E-state index contributed by atoms with van der Waals surface area (Å²) in [7, 11) is 0. The lowest BCUT2D eigenvalue weighted by molar-refractivity contribution is 0.164. The van der Waals surface area contributed by atoms with Crippen LogP contribution in [0.4, 0.5) is 4.39 Å². The Balaban J connectivity index is 2.70. The predicted octanol–water partition coefficient (Wildman–Crippen LogP) is 3.36. The standard InChI is InChI=1S/C12H17FO/c1-3-4-5-12(14)10-7-6-9(2)11(13)8-10/h6-8,12,14H,3-5H2,1-2H3. The fourth-order valence-electron chi connectivity index (χ4n) is 1.38. The molecule has 0 radical (unpaired) electrons. The molecule has 2 heteroatoms. The van der Waals surface area contributed by atoms with Gasteiger partial charge in [0, 0.05) is 0 Å². The molecule has 78 valence electrons. The van der Waals surface area contributed by atoms with E-state index < -0.39 is 6.10 Å². The lowest BCUT2D eigenvalue weighted by atomic mass is 10.0. The molecule has 1 aromatic carbocycles. The summed E-state index contributed by atoms with van der Waals surface area (Å²) < 4.78 is 13.2. The molecule has 1 aromatic rings. The fraction of sp³-hybridized carbons (Fsp3) is 0.500. The summed E-state index contributed by atoms with van der Waals surface area (Å²) in [6, 6.07) is 4.92. The SMILES string of the molecule is CCCCC(O)c1ccc(C)c(F)c1. The minimum atomic E-state index is -0.523. The van der Waals surface area contributed by atoms with Gasteiger partial charge in [0.1, 0.15) is 5.82 Å². The van der Waals surface area contributed by atoms with E-state index in [1.807, 2.05) is 0 Å². The van der Waals surface area contributed by atoms with Gasteiger partial charge >= 0.3 is 0 Å². The first-order chi connectivity index (χ1) is 6.65. The second-order valence-electron chi connectivity index (χ2n) is 3.67. The molecule has 1 atom stereocenters. The summed E-state index contributed by atoms with van der Waals surface area (Å²) >= 11 is 0. The Kier molecular flexibility index (Phi) is 4.08. The molecule has 14 heavy (non-hydrogen) atoms. The molecular weight excluding hydrogens is 179 g/mol. The van der Waals surface area contributed by atoms with Crippen LogP contribution in [0, 0.1) is 12.7 Å². The molecule has 1 N–H and O–H groups in total. The normalized spacial score (nSPS) is 12.9. The van der Waals surface area contributed by atoms with E-state index in [1.165, 1.54) is 6.07 Å². The second kappa shape index (κ2) is 5.11. The van der Waals surface area contributed by atoms with E-state index in [-0.39, 0.29) is 5.82 Å². The fourth-order valence-corrected chi connectivity index (χ4v) is 1.38. The molecule has 0 saturated heterocycles. The molecule has 0 aliphatic heterocycles. The highest BCUT2D eigenvalue weighted by Gasteiger charge is 2.08. The van der Waals surface area contributed by atoms with E-state index in [1.54, 1.807) is 19.1 Å². The Labute approximate surface area is 84.6 Å². The Bertz CT molecular complexity index is 296. The summed E-state index contributed by atoms with van der Waals surface area (Å²) in [5.41, 5.74) is 1.30. The summed E-state index contributed by atoms with van der Waals surface area (Å²) in [6.07, 6.45) is 2.20. The maximum Gasteiger partial charge on any atom is 0.126 e. The van der Waals surface area contributed by atoms with Crippen molar-refractivity contribution in [3.8, 4) is 0 Å². The molecule has 0 amide bonds. The number of aryl methyl sites for hydroxylation is 1. The van der Waals surface area contributed by atoms with Crippen molar-refractivity contribution in [3.63, 3.8) is 0 Å². The molecule has 1 rings (SSSR count). The number of unbranched alkanes of at least 4 members (excludes halogenated alkanes) is 1. The van der Waals surface area contributed by atoms with Gasteiger partial charge in [-0.15, -0.1) is 0 Å². The first-order valence-electron chi connectivity index (χ1n) is 5.09. The van der Waals surface area contributed by atoms with Gasteiger partial charge in [0.2, 0.25) is 0 Å². The predicted molar refractivity (Wildman–Crippen MR) is 55.6 cm³/mol. The van der Waals surface area contributed by atoms with Crippen molar-refractivity contribution in [1.29, 1.82) is 0 Å². The monoisotopic (exact) mass is 196 g/mol. The van der Waals surface area contributed by atoms with Gasteiger partial charge in [-0.25, -0.2) is 4.39 Å². The van der Waals surface area contributed by atoms with Crippen molar-refractivity contribution < 1.29 is 9.50 Å². The Morgan fingerprint density at radius 3 is 2.71 bits per heavy atom. The highest BCUT2D eigenvalue weighted by molar-refractivity contribution is 5.24. The van der Waals surface area contributed by atoms with Crippen LogP contribution < -0.4 is 0 Å². The molecule has 0 heterocycles. The molecule has 0 spiro atoms. The van der Waals surface area contributed by atoms with E-state index in [0.717, 1.165) is 12.8 Å². The zero-order chi connectivity index (χ0) is 10.6. The average Bonchev–Trinajstić information content (AvgIpc) is 2.18. The average molecular weight is 196 g/mol. The number of aliphatic hydroxyl groups excluding tert-OH is 1. The topological polar surface area (TPSA) is 20.2 Å². The van der Waals surface area contributed by atoms with Crippen molar-refractivity contribution in [1.82, 2.24) is 0 Å². The van der Waals surface area contributed by atoms with Gasteiger partial charge in [-0.05, 0) is 30.5 Å². The van der Waals surface area contributed by atoms with E-state index in [2.05, 4.69) is 6.92 Å². The van der Waals surface area contributed by atoms with Crippen molar-refractivity contribution >= 4 is 0 Å². The molecular formula is C12H17FO. The number of hydrogen-bond donors (Lipinski definition) is 1. The van der Waals surface area contributed by atoms with Gasteiger partial charge in [0.05, 0.1) is 6.10 Å². The smallest absolute Gasteiger partial charge is 0.126 e. The largest absolute Gasteiger partial charge is 0.388 e. The van der Waals surface area contributed by atoms with Crippen LogP contribution in [0.5, 0.6) is 0 Å². The van der Waals surface area contributed by atoms with Crippen molar-refractivity contribution in [2.45, 2.75) is 39.2 Å². The second-order valence-corrected chi connectivity index (χ2v) is 3.67. The number of halogens is 1. The highest BCUT2D eigenvalue weighted by Crippen LogP contribution is 2.21. The molecule has 1 unspecified atom stereocenters. The van der Waals surface area contributed by atoms with E-state index >= 15 is 0 Å². The maximum atomic E-state index is 13.2. The van der Waals surface area contributed by atoms with Crippen molar-refractivity contribution in [2.24, 2.45) is 0 Å². The van der Waals surface area contributed by atoms with Crippen molar-refractivity contribution in [2.75, 3.05) is 0 Å². The summed E-state index contributed by atoms with van der Waals surface area (Å²) in [6.45, 7) is 3.79. The van der Waals surface area contributed by atoms with Crippen LogP contribution in [0.1, 0.15) is 43.4 Å². The first-order valence-corrected chi connectivity index (χ1v) is 5.09. The van der Waals surface area contributed by atoms with E-state index in [0.29, 0.717) is 17.5 Å². The lowest BCUT2D eigenvalue weighted by Gasteiger charge is -2.10. The zero-order valence-corrected chi connectivity index (χ0v) is 8.76. The summed E-state index contributed by atoms with van der Waals surface area (Å²) in [5.74, 6) is -0.238. The molecule has 0 aromatic heterocycles. The summed E-state index contributed by atoms with van der Waals surface area (Å²) in [4.78, 5) is 0. The zero-order valence-electron chi connectivity index (χ0n) is 8.76. The quantitative estimate of drug-likeness (QED) is 0.782. The number of benzene rings is 1. The molecule has 0 aliphatic carbocycles. The van der Waals surface area contributed by atoms with Crippen LogP contribution in [0.25, 0.3) is 0 Å². The van der Waals surface area contributed by atoms with Gasteiger partial charge < -0.3 is 5.11 Å². The molecule has 0 saturated carbocycles. The third-order valence-electron chi connectivity index (χ3n) is 2.41. The number of aliphatic hydroxyl groups is 1. The van der Waals surface area contributed by atoms with Crippen LogP contribution in [0.2, 0.25) is 0 Å². The Morgan fingerprint density at radius 2 is 2.14 bits per heavy atom. The van der Waals surface area contributed by atoms with Gasteiger partial charge in [0.25, 0.3) is 0 Å². The van der Waals surface area contributed by atoms with Gasteiger partial charge in [-0.1, -0.05) is 31.9 Å². The Hall–Kier alpha value is -0.890. The third kappa shape index (κ3) is 2.81. The third-order valence-corrected chi connectivity index (χ3v) is 2.41. The first kappa shape index (κ1) is 11.2. The number of hydrogen-bond acceptors (Lipinski definition) is 1. The molecule has 0 bridgehead atoms. The minimum absolute atomic E-state index is 0.238. The van der Waals surface area contributed by atoms with Gasteiger partial charge in [-0.3, -0.25) is 0 Å². The van der Waals surface area contributed by atoms with Crippen LogP contribution in [0.3, 0.4) is 0 Å². The summed E-state index contributed by atoms with van der Waals surface area (Å²) in [5, 5.41) is 9.70. The minimum Gasteiger partial charge on any atom is -0.388 e. The van der Waals surface area contributed by atoms with Crippen LogP contribution >= 0.6 is 0 Å². The lowest BCUT2D eigenvalue weighted by Crippen LogP contribution is -1.98. The van der Waals surface area contributed by atoms with Gasteiger partial charge in [-0.2, -0.15) is 0 Å². The van der Waals surface area contributed by atoms with Gasteiger partial charge in [0.15, 0.2) is 0 Å². The van der Waals surface area contributed by atoms with Crippen LogP contribution in [-0.2, 0) is 0 Å². The molecule has 1 nitrogen and oxygen atoms in total. The van der Waals surface area contributed by atoms with E-state index in [4.69, 9.17) is 0 Å². The Morgan fingerprint density at radius 1 is 1.43 bits per heavy atom. The van der Waals surface area contributed by atoms with E-state index in [9.17, 15) is 9.50 Å². The highest BCUT2D eigenvalue weighted by atomic mass is 19.1. The number of rotatable bonds is 4. The maximum absolute atomic E-state index is 13.2. The van der Waals surface area contributed by atoms with Crippen molar-refractivity contribution in [3.05, 3.63) is 35.1 Å². The molecule has 0 fully saturated rings. The molecule has 0 aliphatic rings.